The summed E-state index contributed by atoms with van der Waals surface area (Å²) in [5.74, 6) is -1.65. The summed E-state index contributed by atoms with van der Waals surface area (Å²) in [6.07, 6.45) is 0. The van der Waals surface area contributed by atoms with Crippen LogP contribution in [-0.2, 0) is 16.1 Å². The summed E-state index contributed by atoms with van der Waals surface area (Å²) in [6.45, 7) is 2.89. The van der Waals surface area contributed by atoms with Gasteiger partial charge in [-0.15, -0.1) is 0 Å². The lowest BCUT2D eigenvalue weighted by molar-refractivity contribution is -0.136. The fraction of sp³-hybridized carbons (Fsp3) is 0.500. The highest BCUT2D eigenvalue weighted by atomic mass is 19.2. The summed E-state index contributed by atoms with van der Waals surface area (Å²) in [6, 6.07) is 4.20. The molecule has 0 unspecified atom stereocenters. The number of ether oxygens (including phenoxy) is 1. The summed E-state index contributed by atoms with van der Waals surface area (Å²) in [4.78, 5) is 15.4. The summed E-state index contributed by atoms with van der Waals surface area (Å²) >= 11 is 0. The largest absolute Gasteiger partial charge is 0.375 e. The molecule has 0 spiro atoms. The van der Waals surface area contributed by atoms with Crippen molar-refractivity contribution in [2.75, 3.05) is 39.9 Å². The third-order valence-corrected chi connectivity index (χ3v) is 3.42. The number of hydrogen-bond donors (Lipinski definition) is 0. The maximum Gasteiger partial charge on any atom is 0.248 e. The smallest absolute Gasteiger partial charge is 0.248 e. The Balaban J connectivity index is 1.88. The summed E-state index contributed by atoms with van der Waals surface area (Å²) in [5.41, 5.74) is 0.349. The summed E-state index contributed by atoms with van der Waals surface area (Å²) < 4.78 is 31.5. The van der Waals surface area contributed by atoms with E-state index < -0.39 is 11.6 Å². The van der Waals surface area contributed by atoms with Crippen molar-refractivity contribution in [1.29, 1.82) is 0 Å². The lowest BCUT2D eigenvalue weighted by Gasteiger charge is -2.34. The average molecular weight is 284 g/mol. The monoisotopic (exact) mass is 284 g/mol. The van der Waals surface area contributed by atoms with Gasteiger partial charge < -0.3 is 9.64 Å². The van der Waals surface area contributed by atoms with Crippen LogP contribution < -0.4 is 0 Å². The van der Waals surface area contributed by atoms with Crippen LogP contribution in [0.4, 0.5) is 8.78 Å². The molecule has 1 aliphatic rings. The van der Waals surface area contributed by atoms with Crippen LogP contribution in [0, 0.1) is 11.6 Å². The molecular formula is C14H18F2N2O2. The molecule has 1 aromatic carbocycles. The maximum absolute atomic E-state index is 13.6. The highest BCUT2D eigenvalue weighted by molar-refractivity contribution is 5.77. The zero-order valence-electron chi connectivity index (χ0n) is 11.4. The SMILES string of the molecule is COCC(=O)N1CCN(Cc2cccc(F)c2F)CC1. The van der Waals surface area contributed by atoms with Crippen LogP contribution in [0.3, 0.4) is 0 Å². The molecule has 1 heterocycles. The van der Waals surface area contributed by atoms with Gasteiger partial charge in [-0.25, -0.2) is 8.78 Å². The second-order valence-electron chi connectivity index (χ2n) is 4.80. The minimum absolute atomic E-state index is 0.0379. The molecule has 0 saturated carbocycles. The van der Waals surface area contributed by atoms with E-state index in [1.165, 1.54) is 13.2 Å². The van der Waals surface area contributed by atoms with Gasteiger partial charge in [-0.05, 0) is 6.07 Å². The number of benzene rings is 1. The lowest BCUT2D eigenvalue weighted by atomic mass is 10.1. The van der Waals surface area contributed by atoms with Crippen molar-refractivity contribution in [1.82, 2.24) is 9.80 Å². The highest BCUT2D eigenvalue weighted by Crippen LogP contribution is 2.15. The quantitative estimate of drug-likeness (QED) is 0.834. The van der Waals surface area contributed by atoms with Crippen LogP contribution in [0.15, 0.2) is 18.2 Å². The Morgan fingerprint density at radius 1 is 1.25 bits per heavy atom. The molecule has 1 aliphatic heterocycles. The molecule has 0 radical (unpaired) electrons. The number of piperazine rings is 1. The van der Waals surface area contributed by atoms with Gasteiger partial charge in [0.25, 0.3) is 0 Å². The third kappa shape index (κ3) is 3.52. The number of carbonyl (C=O) groups excluding carboxylic acids is 1. The molecule has 1 saturated heterocycles. The van der Waals surface area contributed by atoms with Gasteiger partial charge in [-0.1, -0.05) is 12.1 Å². The van der Waals surface area contributed by atoms with Crippen molar-refractivity contribution in [3.63, 3.8) is 0 Å². The van der Waals surface area contributed by atoms with E-state index in [4.69, 9.17) is 4.74 Å². The number of halogens is 2. The fourth-order valence-electron chi connectivity index (χ4n) is 2.28. The van der Waals surface area contributed by atoms with Gasteiger partial charge in [0.1, 0.15) is 6.61 Å². The van der Waals surface area contributed by atoms with Crippen molar-refractivity contribution in [2.24, 2.45) is 0 Å². The van der Waals surface area contributed by atoms with Crippen molar-refractivity contribution in [2.45, 2.75) is 6.54 Å². The Kier molecular flexibility index (Phi) is 5.03. The molecule has 2 rings (SSSR count). The van der Waals surface area contributed by atoms with Crippen molar-refractivity contribution in [3.8, 4) is 0 Å². The Morgan fingerprint density at radius 2 is 1.95 bits per heavy atom. The van der Waals surface area contributed by atoms with Crippen LogP contribution in [-0.4, -0.2) is 55.6 Å². The molecule has 110 valence electrons. The number of methoxy groups -OCH3 is 1. The molecule has 0 aromatic heterocycles. The first-order valence-corrected chi connectivity index (χ1v) is 6.53. The molecule has 1 fully saturated rings. The summed E-state index contributed by atoms with van der Waals surface area (Å²) in [7, 11) is 1.49. The van der Waals surface area contributed by atoms with Gasteiger partial charge in [0.15, 0.2) is 11.6 Å². The Morgan fingerprint density at radius 3 is 2.60 bits per heavy atom. The van der Waals surface area contributed by atoms with E-state index in [1.807, 2.05) is 4.90 Å². The number of nitrogens with zero attached hydrogens (tertiary/aromatic N) is 2. The van der Waals surface area contributed by atoms with E-state index in [0.717, 1.165) is 6.07 Å². The second kappa shape index (κ2) is 6.76. The van der Waals surface area contributed by atoms with Gasteiger partial charge in [-0.2, -0.15) is 0 Å². The van der Waals surface area contributed by atoms with E-state index in [9.17, 15) is 13.6 Å². The molecule has 20 heavy (non-hydrogen) atoms. The maximum atomic E-state index is 13.6. The van der Waals surface area contributed by atoms with E-state index >= 15 is 0 Å². The predicted molar refractivity (Wildman–Crippen MR) is 70.1 cm³/mol. The number of carbonyl (C=O) groups is 1. The molecule has 1 aromatic rings. The van der Waals surface area contributed by atoms with Crippen LogP contribution in [0.2, 0.25) is 0 Å². The predicted octanol–water partition coefficient (Wildman–Crippen LogP) is 1.26. The Bertz CT molecular complexity index is 474. The van der Waals surface area contributed by atoms with E-state index in [-0.39, 0.29) is 12.5 Å². The minimum atomic E-state index is -0.823. The fourth-order valence-corrected chi connectivity index (χ4v) is 2.28. The molecule has 4 nitrogen and oxygen atoms in total. The zero-order chi connectivity index (χ0) is 14.5. The van der Waals surface area contributed by atoms with Crippen molar-refractivity contribution in [3.05, 3.63) is 35.4 Å². The molecule has 0 bridgehead atoms. The normalized spacial score (nSPS) is 16.4. The van der Waals surface area contributed by atoms with Gasteiger partial charge in [0.2, 0.25) is 5.91 Å². The molecule has 0 aliphatic carbocycles. The second-order valence-corrected chi connectivity index (χ2v) is 4.80. The van der Waals surface area contributed by atoms with Gasteiger partial charge in [-0.3, -0.25) is 9.69 Å². The van der Waals surface area contributed by atoms with Crippen molar-refractivity contribution < 1.29 is 18.3 Å². The first kappa shape index (κ1) is 14.9. The van der Waals surface area contributed by atoms with E-state index in [0.29, 0.717) is 38.3 Å². The van der Waals surface area contributed by atoms with Gasteiger partial charge >= 0.3 is 0 Å². The Labute approximate surface area is 116 Å². The molecule has 1 amide bonds. The standard InChI is InChI=1S/C14H18F2N2O2/c1-20-10-13(19)18-7-5-17(6-8-18)9-11-3-2-4-12(15)14(11)16/h2-4H,5-10H2,1H3. The topological polar surface area (TPSA) is 32.8 Å². The summed E-state index contributed by atoms with van der Waals surface area (Å²) in [5, 5.41) is 0. The van der Waals surface area contributed by atoms with Gasteiger partial charge in [0.05, 0.1) is 0 Å². The average Bonchev–Trinajstić information content (AvgIpc) is 2.45. The lowest BCUT2D eigenvalue weighted by Crippen LogP contribution is -2.49. The van der Waals surface area contributed by atoms with Crippen LogP contribution in [0.25, 0.3) is 0 Å². The van der Waals surface area contributed by atoms with Crippen LogP contribution >= 0.6 is 0 Å². The number of hydrogen-bond acceptors (Lipinski definition) is 3. The first-order chi connectivity index (χ1) is 9.61. The Hall–Kier alpha value is -1.53. The third-order valence-electron chi connectivity index (χ3n) is 3.42. The molecule has 6 heteroatoms. The molecule has 0 N–H and O–H groups in total. The minimum Gasteiger partial charge on any atom is -0.375 e. The van der Waals surface area contributed by atoms with E-state index in [1.54, 1.807) is 11.0 Å². The highest BCUT2D eigenvalue weighted by Gasteiger charge is 2.21. The first-order valence-electron chi connectivity index (χ1n) is 6.53. The number of rotatable bonds is 4. The molecular weight excluding hydrogens is 266 g/mol. The molecule has 0 atom stereocenters. The zero-order valence-corrected chi connectivity index (χ0v) is 11.4. The van der Waals surface area contributed by atoms with E-state index in [2.05, 4.69) is 0 Å². The van der Waals surface area contributed by atoms with Gasteiger partial charge in [0, 0.05) is 45.4 Å². The van der Waals surface area contributed by atoms with Crippen molar-refractivity contribution >= 4 is 5.91 Å². The number of amides is 1. The van der Waals surface area contributed by atoms with Crippen LogP contribution in [0.5, 0.6) is 0 Å². The van der Waals surface area contributed by atoms with Crippen LogP contribution in [0.1, 0.15) is 5.56 Å².